The number of hydrogen-bond donors (Lipinski definition) is 0. The number of piperidine rings is 1. The summed E-state index contributed by atoms with van der Waals surface area (Å²) in [6.07, 6.45) is 3.98. The standard InChI is InChI=1S/C40H41NO7/c1-3-36(32-16-21-37-38(24-32)46-27-45-37)39(30-14-19-34(20-15-30)48-40(43)31-10-6-4-7-11-31)29-12-17-33(18-13-29)44-26-35(47-28(2)42)25-41-22-8-5-9-23-41/h4,6-7,10-21,24,35H,3,5,8-9,22-23,25-27H2,1-2H3/b39-36+. The van der Waals surface area contributed by atoms with Crippen molar-refractivity contribution in [1.29, 1.82) is 0 Å². The Balaban J connectivity index is 1.26. The summed E-state index contributed by atoms with van der Waals surface area (Å²) >= 11 is 0. The molecule has 2 aliphatic rings. The Morgan fingerprint density at radius 1 is 0.750 bits per heavy atom. The summed E-state index contributed by atoms with van der Waals surface area (Å²) in [6.45, 7) is 6.75. The fraction of sp³-hybridized carbons (Fsp3) is 0.300. The summed E-state index contributed by atoms with van der Waals surface area (Å²) in [6, 6.07) is 30.5. The molecule has 1 atom stereocenters. The minimum atomic E-state index is -0.406. The molecule has 8 nitrogen and oxygen atoms in total. The molecule has 1 unspecified atom stereocenters. The molecule has 0 amide bonds. The van der Waals surface area contributed by atoms with Gasteiger partial charge in [0.1, 0.15) is 24.2 Å². The molecule has 1 saturated heterocycles. The third kappa shape index (κ3) is 8.25. The third-order valence-electron chi connectivity index (χ3n) is 8.56. The highest BCUT2D eigenvalue weighted by molar-refractivity contribution is 5.99. The van der Waals surface area contributed by atoms with Gasteiger partial charge in [-0.3, -0.25) is 9.69 Å². The number of allylic oxidation sites excluding steroid dienone is 1. The molecule has 4 aromatic carbocycles. The molecule has 0 aromatic heterocycles. The average molecular weight is 648 g/mol. The summed E-state index contributed by atoms with van der Waals surface area (Å²) in [5, 5.41) is 0. The SMILES string of the molecule is CC/C(=C(/c1ccc(OCC(CN2CCCCC2)OC(C)=O)cc1)c1ccc(OC(=O)c2ccccc2)cc1)c1ccc2c(c1)OCO2. The molecule has 0 aliphatic carbocycles. The van der Waals surface area contributed by atoms with Gasteiger partial charge in [-0.2, -0.15) is 0 Å². The van der Waals surface area contributed by atoms with E-state index in [1.807, 2.05) is 78.9 Å². The van der Waals surface area contributed by atoms with Crippen LogP contribution in [-0.4, -0.2) is 56.0 Å². The molecule has 2 heterocycles. The summed E-state index contributed by atoms with van der Waals surface area (Å²) in [7, 11) is 0. The fourth-order valence-electron chi connectivity index (χ4n) is 6.25. The number of rotatable bonds is 12. The van der Waals surface area contributed by atoms with Gasteiger partial charge in [0.15, 0.2) is 11.5 Å². The zero-order chi connectivity index (χ0) is 33.3. The summed E-state index contributed by atoms with van der Waals surface area (Å²) in [4.78, 5) is 26.8. The Hall–Kier alpha value is -5.08. The van der Waals surface area contributed by atoms with Crippen LogP contribution in [-0.2, 0) is 9.53 Å². The molecule has 0 N–H and O–H groups in total. The van der Waals surface area contributed by atoms with Crippen molar-refractivity contribution < 1.29 is 33.3 Å². The number of carbonyl (C=O) groups is 2. The van der Waals surface area contributed by atoms with E-state index in [0.717, 1.165) is 58.8 Å². The first-order chi connectivity index (χ1) is 23.5. The smallest absolute Gasteiger partial charge is 0.343 e. The predicted octanol–water partition coefficient (Wildman–Crippen LogP) is 7.80. The Bertz CT molecular complexity index is 1730. The van der Waals surface area contributed by atoms with Gasteiger partial charge in [-0.25, -0.2) is 4.79 Å². The average Bonchev–Trinajstić information content (AvgIpc) is 3.59. The molecule has 6 rings (SSSR count). The van der Waals surface area contributed by atoms with E-state index >= 15 is 0 Å². The van der Waals surface area contributed by atoms with Crippen LogP contribution >= 0.6 is 0 Å². The van der Waals surface area contributed by atoms with Crippen molar-refractivity contribution in [2.45, 2.75) is 45.6 Å². The van der Waals surface area contributed by atoms with E-state index in [-0.39, 0.29) is 25.5 Å². The van der Waals surface area contributed by atoms with Crippen LogP contribution in [0.5, 0.6) is 23.0 Å². The molecule has 248 valence electrons. The van der Waals surface area contributed by atoms with Crippen LogP contribution in [0.15, 0.2) is 97.1 Å². The van der Waals surface area contributed by atoms with Crippen molar-refractivity contribution in [3.8, 4) is 23.0 Å². The topological polar surface area (TPSA) is 83.5 Å². The van der Waals surface area contributed by atoms with Crippen molar-refractivity contribution in [2.75, 3.05) is 33.0 Å². The first-order valence-electron chi connectivity index (χ1n) is 16.6. The Kier molecular flexibility index (Phi) is 10.7. The van der Waals surface area contributed by atoms with Crippen LogP contribution in [0.3, 0.4) is 0 Å². The van der Waals surface area contributed by atoms with Gasteiger partial charge in [-0.1, -0.05) is 61.9 Å². The fourth-order valence-corrected chi connectivity index (χ4v) is 6.25. The summed E-state index contributed by atoms with van der Waals surface area (Å²) < 4.78 is 28.7. The van der Waals surface area contributed by atoms with E-state index in [1.54, 1.807) is 12.1 Å². The highest BCUT2D eigenvalue weighted by Gasteiger charge is 2.21. The lowest BCUT2D eigenvalue weighted by Crippen LogP contribution is -2.40. The minimum Gasteiger partial charge on any atom is -0.490 e. The van der Waals surface area contributed by atoms with Gasteiger partial charge < -0.3 is 23.7 Å². The number of likely N-dealkylation sites (tertiary alicyclic amines) is 1. The Morgan fingerprint density at radius 2 is 1.40 bits per heavy atom. The molecular formula is C40H41NO7. The lowest BCUT2D eigenvalue weighted by Gasteiger charge is -2.30. The summed E-state index contributed by atoms with van der Waals surface area (Å²) in [5.41, 5.74) is 5.63. The van der Waals surface area contributed by atoms with Gasteiger partial charge in [0.25, 0.3) is 0 Å². The van der Waals surface area contributed by atoms with Crippen LogP contribution in [0, 0.1) is 0 Å². The van der Waals surface area contributed by atoms with Crippen LogP contribution < -0.4 is 18.9 Å². The van der Waals surface area contributed by atoms with E-state index in [0.29, 0.717) is 23.6 Å². The molecule has 1 fully saturated rings. The molecule has 4 aromatic rings. The maximum Gasteiger partial charge on any atom is 0.343 e. The van der Waals surface area contributed by atoms with Crippen LogP contribution in [0.1, 0.15) is 66.6 Å². The lowest BCUT2D eigenvalue weighted by molar-refractivity contribution is -0.149. The first kappa shape index (κ1) is 32.8. The number of benzene rings is 4. The molecule has 0 spiro atoms. The quantitative estimate of drug-likeness (QED) is 0.0875. The lowest BCUT2D eigenvalue weighted by atomic mass is 9.88. The van der Waals surface area contributed by atoms with Crippen LogP contribution in [0.2, 0.25) is 0 Å². The van der Waals surface area contributed by atoms with E-state index in [2.05, 4.69) is 17.9 Å². The number of carbonyl (C=O) groups excluding carboxylic acids is 2. The van der Waals surface area contributed by atoms with Crippen molar-refractivity contribution >= 4 is 23.1 Å². The Labute approximate surface area is 281 Å². The number of nitrogens with zero attached hydrogens (tertiary/aromatic N) is 1. The highest BCUT2D eigenvalue weighted by Crippen LogP contribution is 2.40. The van der Waals surface area contributed by atoms with Gasteiger partial charge in [0.2, 0.25) is 6.79 Å². The van der Waals surface area contributed by atoms with E-state index in [9.17, 15) is 9.59 Å². The van der Waals surface area contributed by atoms with E-state index < -0.39 is 5.97 Å². The minimum absolute atomic E-state index is 0.206. The van der Waals surface area contributed by atoms with E-state index in [1.165, 1.54) is 26.2 Å². The van der Waals surface area contributed by atoms with E-state index in [4.69, 9.17) is 23.7 Å². The third-order valence-corrected chi connectivity index (χ3v) is 8.56. The maximum atomic E-state index is 12.7. The zero-order valence-corrected chi connectivity index (χ0v) is 27.5. The second kappa shape index (κ2) is 15.7. The van der Waals surface area contributed by atoms with Gasteiger partial charge >= 0.3 is 11.9 Å². The molecule has 0 bridgehead atoms. The first-order valence-corrected chi connectivity index (χ1v) is 16.6. The molecule has 8 heteroatoms. The monoisotopic (exact) mass is 647 g/mol. The van der Waals surface area contributed by atoms with Crippen molar-refractivity contribution in [2.24, 2.45) is 0 Å². The zero-order valence-electron chi connectivity index (χ0n) is 27.5. The maximum absolute atomic E-state index is 12.7. The largest absolute Gasteiger partial charge is 0.490 e. The normalized spacial score (nSPS) is 15.3. The Morgan fingerprint density at radius 3 is 2.06 bits per heavy atom. The van der Waals surface area contributed by atoms with Gasteiger partial charge in [-0.15, -0.1) is 0 Å². The van der Waals surface area contributed by atoms with Crippen molar-refractivity contribution in [3.05, 3.63) is 119 Å². The molecule has 2 aliphatic heterocycles. The van der Waals surface area contributed by atoms with Gasteiger partial charge in [-0.05, 0) is 109 Å². The van der Waals surface area contributed by atoms with Crippen molar-refractivity contribution in [1.82, 2.24) is 4.90 Å². The summed E-state index contributed by atoms with van der Waals surface area (Å²) in [5.74, 6) is 1.89. The molecule has 0 saturated carbocycles. The van der Waals surface area contributed by atoms with Crippen LogP contribution in [0.25, 0.3) is 11.1 Å². The number of ether oxygens (including phenoxy) is 5. The second-order valence-corrected chi connectivity index (χ2v) is 12.0. The predicted molar refractivity (Wildman–Crippen MR) is 184 cm³/mol. The number of fused-ring (bicyclic) bond motifs is 1. The molecular weight excluding hydrogens is 606 g/mol. The number of hydrogen-bond acceptors (Lipinski definition) is 8. The van der Waals surface area contributed by atoms with Crippen molar-refractivity contribution in [3.63, 3.8) is 0 Å². The van der Waals surface area contributed by atoms with Crippen LogP contribution in [0.4, 0.5) is 0 Å². The molecule has 48 heavy (non-hydrogen) atoms. The second-order valence-electron chi connectivity index (χ2n) is 12.0. The number of esters is 2. The van der Waals surface area contributed by atoms with Gasteiger partial charge in [0.05, 0.1) is 5.56 Å². The highest BCUT2D eigenvalue weighted by atomic mass is 16.7. The van der Waals surface area contributed by atoms with Gasteiger partial charge in [0, 0.05) is 13.5 Å². The molecule has 0 radical (unpaired) electrons.